The highest BCUT2D eigenvalue weighted by Crippen LogP contribution is 2.28. The van der Waals surface area contributed by atoms with Gasteiger partial charge in [0.15, 0.2) is 0 Å². The smallest absolute Gasteiger partial charge is 0.254 e. The van der Waals surface area contributed by atoms with Crippen molar-refractivity contribution in [1.82, 2.24) is 14.9 Å². The summed E-state index contributed by atoms with van der Waals surface area (Å²) in [7, 11) is 0. The first-order chi connectivity index (χ1) is 11.7. The number of hydrogen-bond acceptors (Lipinski definition) is 5. The molecule has 0 saturated carbocycles. The SMILES string of the molecule is O=C(c1cccc(F)c1)N1CCN(c2ncnc3ccsc23)CC1. The van der Waals surface area contributed by atoms with Crippen LogP contribution >= 0.6 is 11.3 Å². The molecule has 0 spiro atoms. The van der Waals surface area contributed by atoms with E-state index in [0.717, 1.165) is 16.0 Å². The maximum atomic E-state index is 13.3. The molecule has 0 aliphatic carbocycles. The summed E-state index contributed by atoms with van der Waals surface area (Å²) in [6.45, 7) is 2.58. The average molecular weight is 342 g/mol. The molecule has 3 heterocycles. The molecule has 4 rings (SSSR count). The summed E-state index contributed by atoms with van der Waals surface area (Å²) in [6, 6.07) is 7.82. The number of anilines is 1. The Kier molecular flexibility index (Phi) is 3.86. The second-order valence-electron chi connectivity index (χ2n) is 5.62. The van der Waals surface area contributed by atoms with Crippen molar-refractivity contribution in [2.45, 2.75) is 0 Å². The predicted molar refractivity (Wildman–Crippen MR) is 91.9 cm³/mol. The van der Waals surface area contributed by atoms with Gasteiger partial charge in [0.25, 0.3) is 5.91 Å². The predicted octanol–water partition coefficient (Wildman–Crippen LogP) is 2.79. The van der Waals surface area contributed by atoms with Gasteiger partial charge in [-0.05, 0) is 29.6 Å². The molecule has 5 nitrogen and oxygen atoms in total. The van der Waals surface area contributed by atoms with Gasteiger partial charge in [-0.2, -0.15) is 0 Å². The molecular weight excluding hydrogens is 327 g/mol. The summed E-state index contributed by atoms with van der Waals surface area (Å²) in [5, 5.41) is 2.01. The molecule has 1 fully saturated rings. The molecule has 1 saturated heterocycles. The molecule has 7 heteroatoms. The minimum atomic E-state index is -0.388. The Balaban J connectivity index is 1.49. The van der Waals surface area contributed by atoms with E-state index in [-0.39, 0.29) is 11.7 Å². The topological polar surface area (TPSA) is 49.3 Å². The third-order valence-corrected chi connectivity index (χ3v) is 5.06. The Hall–Kier alpha value is -2.54. The molecule has 1 aromatic carbocycles. The fourth-order valence-corrected chi connectivity index (χ4v) is 3.79. The number of piperazine rings is 1. The maximum absolute atomic E-state index is 13.3. The van der Waals surface area contributed by atoms with E-state index in [1.54, 1.807) is 34.7 Å². The highest BCUT2D eigenvalue weighted by molar-refractivity contribution is 7.17. The van der Waals surface area contributed by atoms with Crippen molar-refractivity contribution >= 4 is 33.3 Å². The molecule has 1 amide bonds. The van der Waals surface area contributed by atoms with Crippen LogP contribution in [0.3, 0.4) is 0 Å². The van der Waals surface area contributed by atoms with Crippen LogP contribution < -0.4 is 4.90 Å². The summed E-state index contributed by atoms with van der Waals surface area (Å²) < 4.78 is 14.4. The van der Waals surface area contributed by atoms with Crippen LogP contribution in [0, 0.1) is 5.82 Å². The Labute approximate surface area is 142 Å². The van der Waals surface area contributed by atoms with Gasteiger partial charge >= 0.3 is 0 Å². The maximum Gasteiger partial charge on any atom is 0.254 e. The first-order valence-corrected chi connectivity index (χ1v) is 8.58. The van der Waals surface area contributed by atoms with Crippen LogP contribution in [-0.4, -0.2) is 47.0 Å². The van der Waals surface area contributed by atoms with Gasteiger partial charge in [0.2, 0.25) is 0 Å². The minimum Gasteiger partial charge on any atom is -0.352 e. The van der Waals surface area contributed by atoms with Crippen molar-refractivity contribution in [2.75, 3.05) is 31.1 Å². The number of thiophene rings is 1. The highest BCUT2D eigenvalue weighted by atomic mass is 32.1. The molecule has 0 bridgehead atoms. The first kappa shape index (κ1) is 15.0. The summed E-state index contributed by atoms with van der Waals surface area (Å²) in [5.74, 6) is 0.409. The lowest BCUT2D eigenvalue weighted by Gasteiger charge is -2.35. The lowest BCUT2D eigenvalue weighted by Crippen LogP contribution is -2.49. The van der Waals surface area contributed by atoms with E-state index >= 15 is 0 Å². The van der Waals surface area contributed by atoms with Crippen LogP contribution in [0.2, 0.25) is 0 Å². The van der Waals surface area contributed by atoms with Crippen molar-refractivity contribution in [3.63, 3.8) is 0 Å². The zero-order chi connectivity index (χ0) is 16.5. The summed E-state index contributed by atoms with van der Waals surface area (Å²) in [4.78, 5) is 25.1. The summed E-state index contributed by atoms with van der Waals surface area (Å²) in [6.07, 6.45) is 1.58. The Morgan fingerprint density at radius 2 is 1.96 bits per heavy atom. The van der Waals surface area contributed by atoms with Crippen molar-refractivity contribution in [2.24, 2.45) is 0 Å². The normalized spacial score (nSPS) is 15.0. The van der Waals surface area contributed by atoms with Gasteiger partial charge in [0.05, 0.1) is 10.2 Å². The number of rotatable bonds is 2. The summed E-state index contributed by atoms with van der Waals surface area (Å²) >= 11 is 1.62. The molecule has 1 aliphatic rings. The molecule has 122 valence electrons. The van der Waals surface area contributed by atoms with Gasteiger partial charge < -0.3 is 9.80 Å². The monoisotopic (exact) mass is 342 g/mol. The van der Waals surface area contributed by atoms with Gasteiger partial charge in [-0.1, -0.05) is 6.07 Å². The quantitative estimate of drug-likeness (QED) is 0.719. The summed E-state index contributed by atoms with van der Waals surface area (Å²) in [5.41, 5.74) is 1.34. The highest BCUT2D eigenvalue weighted by Gasteiger charge is 2.24. The van der Waals surface area contributed by atoms with E-state index in [0.29, 0.717) is 31.7 Å². The van der Waals surface area contributed by atoms with Crippen molar-refractivity contribution < 1.29 is 9.18 Å². The van der Waals surface area contributed by atoms with Gasteiger partial charge in [-0.15, -0.1) is 11.3 Å². The molecule has 1 aliphatic heterocycles. The van der Waals surface area contributed by atoms with Crippen LogP contribution in [0.5, 0.6) is 0 Å². The molecule has 0 N–H and O–H groups in total. The van der Waals surface area contributed by atoms with Crippen LogP contribution in [-0.2, 0) is 0 Å². The van der Waals surface area contributed by atoms with Crippen LogP contribution in [0.15, 0.2) is 42.0 Å². The number of carbonyl (C=O) groups excluding carboxylic acids is 1. The van der Waals surface area contributed by atoms with E-state index in [4.69, 9.17) is 0 Å². The van der Waals surface area contributed by atoms with Gasteiger partial charge in [-0.25, -0.2) is 14.4 Å². The number of fused-ring (bicyclic) bond motifs is 1. The first-order valence-electron chi connectivity index (χ1n) is 7.70. The fraction of sp³-hybridized carbons (Fsp3) is 0.235. The third-order valence-electron chi connectivity index (χ3n) is 4.16. The van der Waals surface area contributed by atoms with E-state index in [1.807, 2.05) is 11.4 Å². The number of nitrogens with zero attached hydrogens (tertiary/aromatic N) is 4. The third kappa shape index (κ3) is 2.71. The molecule has 0 atom stereocenters. The van der Waals surface area contributed by atoms with E-state index < -0.39 is 0 Å². The molecule has 2 aromatic heterocycles. The van der Waals surface area contributed by atoms with Gasteiger partial charge in [0.1, 0.15) is 18.0 Å². The Morgan fingerprint density at radius 1 is 1.12 bits per heavy atom. The zero-order valence-corrected chi connectivity index (χ0v) is 13.7. The van der Waals surface area contributed by atoms with Crippen LogP contribution in [0.4, 0.5) is 10.2 Å². The van der Waals surface area contributed by atoms with Gasteiger partial charge in [0, 0.05) is 31.7 Å². The fourth-order valence-electron chi connectivity index (χ4n) is 2.93. The van der Waals surface area contributed by atoms with Crippen molar-refractivity contribution in [1.29, 1.82) is 0 Å². The van der Waals surface area contributed by atoms with E-state index in [2.05, 4.69) is 14.9 Å². The van der Waals surface area contributed by atoms with E-state index in [1.165, 1.54) is 12.1 Å². The molecule has 3 aromatic rings. The average Bonchev–Trinajstić information content (AvgIpc) is 3.10. The number of aromatic nitrogens is 2. The Morgan fingerprint density at radius 3 is 2.75 bits per heavy atom. The largest absolute Gasteiger partial charge is 0.352 e. The number of amides is 1. The molecule has 0 unspecified atom stereocenters. The molecule has 24 heavy (non-hydrogen) atoms. The molecule has 0 radical (unpaired) electrons. The van der Waals surface area contributed by atoms with Crippen molar-refractivity contribution in [3.05, 3.63) is 53.4 Å². The number of carbonyl (C=O) groups is 1. The van der Waals surface area contributed by atoms with E-state index in [9.17, 15) is 9.18 Å². The second-order valence-corrected chi connectivity index (χ2v) is 6.54. The minimum absolute atomic E-state index is 0.127. The second kappa shape index (κ2) is 6.16. The Bertz CT molecular complexity index is 889. The number of benzene rings is 1. The number of halogens is 1. The van der Waals surface area contributed by atoms with Crippen molar-refractivity contribution in [3.8, 4) is 0 Å². The van der Waals surface area contributed by atoms with Crippen LogP contribution in [0.1, 0.15) is 10.4 Å². The number of hydrogen-bond donors (Lipinski definition) is 0. The zero-order valence-electron chi connectivity index (χ0n) is 12.9. The lowest BCUT2D eigenvalue weighted by molar-refractivity contribution is 0.0746. The standard InChI is InChI=1S/C17H15FN4OS/c18-13-3-1-2-12(10-13)17(23)22-7-5-21(6-8-22)16-15-14(4-9-24-15)19-11-20-16/h1-4,9-11H,5-8H2. The van der Waals surface area contributed by atoms with Gasteiger partial charge in [-0.3, -0.25) is 4.79 Å². The lowest BCUT2D eigenvalue weighted by atomic mass is 10.1. The molecular formula is C17H15FN4OS. The van der Waals surface area contributed by atoms with Crippen LogP contribution in [0.25, 0.3) is 10.2 Å².